The van der Waals surface area contributed by atoms with Crippen LogP contribution in [0, 0.1) is 5.82 Å². The number of nitrogens with zero attached hydrogens (tertiary/aromatic N) is 3. The van der Waals surface area contributed by atoms with Gasteiger partial charge in [-0.3, -0.25) is 4.79 Å². The molecule has 1 amide bonds. The highest BCUT2D eigenvalue weighted by Gasteiger charge is 2.12. The van der Waals surface area contributed by atoms with E-state index in [1.165, 1.54) is 18.5 Å². The molecule has 0 bridgehead atoms. The van der Waals surface area contributed by atoms with Crippen molar-refractivity contribution in [2.75, 3.05) is 0 Å². The number of rotatable bonds is 3. The minimum atomic E-state index is -0.773. The number of halogens is 1. The standard InChI is InChI=1S/C11H11FN4O2/c1-16-6-14-15-10(16)5-13-11(18)8-3-2-7(17)4-9(8)12/h2-4,6,17H,5H2,1H3,(H,13,18). The number of carbonyl (C=O) groups excluding carboxylic acids is 1. The highest BCUT2D eigenvalue weighted by atomic mass is 19.1. The predicted molar refractivity (Wildman–Crippen MR) is 60.2 cm³/mol. The first-order chi connectivity index (χ1) is 8.58. The molecule has 0 saturated heterocycles. The summed E-state index contributed by atoms with van der Waals surface area (Å²) in [6.07, 6.45) is 1.50. The van der Waals surface area contributed by atoms with Gasteiger partial charge >= 0.3 is 0 Å². The number of phenolic OH excluding ortho intramolecular Hbond substituents is 1. The molecule has 1 aromatic heterocycles. The Balaban J connectivity index is 2.06. The van der Waals surface area contributed by atoms with Gasteiger partial charge in [0.15, 0.2) is 5.82 Å². The second kappa shape index (κ2) is 4.82. The monoisotopic (exact) mass is 250 g/mol. The van der Waals surface area contributed by atoms with Gasteiger partial charge in [0.2, 0.25) is 0 Å². The van der Waals surface area contributed by atoms with Gasteiger partial charge in [-0.2, -0.15) is 0 Å². The summed E-state index contributed by atoms with van der Waals surface area (Å²) in [7, 11) is 1.74. The lowest BCUT2D eigenvalue weighted by Gasteiger charge is -2.05. The van der Waals surface area contributed by atoms with E-state index >= 15 is 0 Å². The maximum atomic E-state index is 13.4. The number of amides is 1. The van der Waals surface area contributed by atoms with Crippen LogP contribution in [0.5, 0.6) is 5.75 Å². The number of aromatic nitrogens is 3. The number of phenols is 1. The molecular formula is C11H11FN4O2. The SMILES string of the molecule is Cn1cnnc1CNC(=O)c1ccc(O)cc1F. The van der Waals surface area contributed by atoms with E-state index in [0.29, 0.717) is 5.82 Å². The molecule has 0 fully saturated rings. The second-order valence-electron chi connectivity index (χ2n) is 3.70. The van der Waals surface area contributed by atoms with Crippen LogP contribution in [0.1, 0.15) is 16.2 Å². The molecule has 2 rings (SSSR count). The van der Waals surface area contributed by atoms with Gasteiger partial charge in [-0.15, -0.1) is 10.2 Å². The Morgan fingerprint density at radius 2 is 2.33 bits per heavy atom. The largest absolute Gasteiger partial charge is 0.508 e. The molecule has 2 aromatic rings. The third-order valence-corrected chi connectivity index (χ3v) is 2.41. The minimum Gasteiger partial charge on any atom is -0.508 e. The molecule has 6 nitrogen and oxygen atoms in total. The lowest BCUT2D eigenvalue weighted by molar-refractivity contribution is 0.0945. The van der Waals surface area contributed by atoms with E-state index in [1.807, 2.05) is 0 Å². The van der Waals surface area contributed by atoms with Crippen molar-refractivity contribution in [3.63, 3.8) is 0 Å². The van der Waals surface area contributed by atoms with Crippen molar-refractivity contribution in [2.24, 2.45) is 7.05 Å². The zero-order chi connectivity index (χ0) is 13.1. The highest BCUT2D eigenvalue weighted by Crippen LogP contribution is 2.14. The van der Waals surface area contributed by atoms with E-state index in [4.69, 9.17) is 5.11 Å². The van der Waals surface area contributed by atoms with Crippen LogP contribution >= 0.6 is 0 Å². The Morgan fingerprint density at radius 3 is 2.94 bits per heavy atom. The Hall–Kier alpha value is -2.44. The van der Waals surface area contributed by atoms with E-state index in [-0.39, 0.29) is 17.9 Å². The molecule has 0 aliphatic carbocycles. The first-order valence-corrected chi connectivity index (χ1v) is 5.17. The van der Waals surface area contributed by atoms with Crippen LogP contribution in [0.25, 0.3) is 0 Å². The Labute approximate surface area is 102 Å². The third kappa shape index (κ3) is 2.45. The smallest absolute Gasteiger partial charge is 0.254 e. The molecule has 0 aliphatic rings. The summed E-state index contributed by atoms with van der Waals surface area (Å²) >= 11 is 0. The van der Waals surface area contributed by atoms with Crippen LogP contribution in [0.2, 0.25) is 0 Å². The van der Waals surface area contributed by atoms with Crippen LogP contribution < -0.4 is 5.32 Å². The van der Waals surface area contributed by atoms with Crippen LogP contribution in [-0.2, 0) is 13.6 Å². The van der Waals surface area contributed by atoms with Crippen LogP contribution in [-0.4, -0.2) is 25.8 Å². The number of hydrogen-bond donors (Lipinski definition) is 2. The summed E-state index contributed by atoms with van der Waals surface area (Å²) in [6, 6.07) is 3.36. The van der Waals surface area contributed by atoms with Crippen LogP contribution in [0.3, 0.4) is 0 Å². The van der Waals surface area contributed by atoms with Crippen molar-refractivity contribution in [1.82, 2.24) is 20.1 Å². The maximum absolute atomic E-state index is 13.4. The lowest BCUT2D eigenvalue weighted by atomic mass is 10.2. The van der Waals surface area contributed by atoms with Gasteiger partial charge in [0.1, 0.15) is 17.9 Å². The number of carbonyl (C=O) groups is 1. The van der Waals surface area contributed by atoms with Crippen molar-refractivity contribution in [3.05, 3.63) is 41.7 Å². The summed E-state index contributed by atoms with van der Waals surface area (Å²) in [6.45, 7) is 0.148. The normalized spacial score (nSPS) is 10.3. The summed E-state index contributed by atoms with van der Waals surface area (Å²) < 4.78 is 15.0. The molecule has 1 heterocycles. The second-order valence-corrected chi connectivity index (χ2v) is 3.70. The fraction of sp³-hybridized carbons (Fsp3) is 0.182. The van der Waals surface area contributed by atoms with Gasteiger partial charge in [-0.1, -0.05) is 0 Å². The summed E-state index contributed by atoms with van der Waals surface area (Å²) in [5.41, 5.74) is -0.130. The number of aryl methyl sites for hydroxylation is 1. The predicted octanol–water partition coefficient (Wildman–Crippen LogP) is 0.590. The molecule has 0 atom stereocenters. The fourth-order valence-corrected chi connectivity index (χ4v) is 1.41. The van der Waals surface area contributed by atoms with Gasteiger partial charge in [-0.25, -0.2) is 4.39 Å². The quantitative estimate of drug-likeness (QED) is 0.835. The highest BCUT2D eigenvalue weighted by molar-refractivity contribution is 5.94. The van der Waals surface area contributed by atoms with Crippen LogP contribution in [0.4, 0.5) is 4.39 Å². The van der Waals surface area contributed by atoms with Crippen molar-refractivity contribution >= 4 is 5.91 Å². The number of hydrogen-bond acceptors (Lipinski definition) is 4. The molecule has 18 heavy (non-hydrogen) atoms. The summed E-state index contributed by atoms with van der Waals surface area (Å²) in [5, 5.41) is 19.0. The molecule has 0 unspecified atom stereocenters. The van der Waals surface area contributed by atoms with E-state index in [1.54, 1.807) is 11.6 Å². The molecular weight excluding hydrogens is 239 g/mol. The Morgan fingerprint density at radius 1 is 1.56 bits per heavy atom. The topological polar surface area (TPSA) is 80.0 Å². The van der Waals surface area contributed by atoms with Gasteiger partial charge in [0.25, 0.3) is 5.91 Å². The minimum absolute atomic E-state index is 0.130. The molecule has 0 aliphatic heterocycles. The van der Waals surface area contributed by atoms with Crippen molar-refractivity contribution in [3.8, 4) is 5.75 Å². The molecule has 0 saturated carbocycles. The van der Waals surface area contributed by atoms with E-state index in [2.05, 4.69) is 15.5 Å². The molecule has 1 aromatic carbocycles. The van der Waals surface area contributed by atoms with Gasteiger partial charge in [-0.05, 0) is 12.1 Å². The summed E-state index contributed by atoms with van der Waals surface area (Å²) in [4.78, 5) is 11.7. The molecule has 0 radical (unpaired) electrons. The first-order valence-electron chi connectivity index (χ1n) is 5.17. The zero-order valence-corrected chi connectivity index (χ0v) is 9.59. The maximum Gasteiger partial charge on any atom is 0.254 e. The molecule has 94 valence electrons. The average molecular weight is 250 g/mol. The van der Waals surface area contributed by atoms with Gasteiger partial charge in [0.05, 0.1) is 12.1 Å². The molecule has 2 N–H and O–H groups in total. The number of aromatic hydroxyl groups is 1. The molecule has 7 heteroatoms. The fourth-order valence-electron chi connectivity index (χ4n) is 1.41. The summed E-state index contributed by atoms with van der Waals surface area (Å²) in [5.74, 6) is -1.01. The van der Waals surface area contributed by atoms with E-state index in [0.717, 1.165) is 6.07 Å². The number of nitrogens with one attached hydrogen (secondary N) is 1. The zero-order valence-electron chi connectivity index (χ0n) is 9.59. The average Bonchev–Trinajstić information content (AvgIpc) is 2.72. The van der Waals surface area contributed by atoms with E-state index < -0.39 is 11.7 Å². The van der Waals surface area contributed by atoms with Crippen molar-refractivity contribution in [1.29, 1.82) is 0 Å². The Kier molecular flexibility index (Phi) is 3.22. The first kappa shape index (κ1) is 12.0. The van der Waals surface area contributed by atoms with Gasteiger partial charge in [0, 0.05) is 13.1 Å². The number of benzene rings is 1. The van der Waals surface area contributed by atoms with Crippen molar-refractivity contribution < 1.29 is 14.3 Å². The van der Waals surface area contributed by atoms with Gasteiger partial charge < -0.3 is 15.0 Å². The molecule has 0 spiro atoms. The third-order valence-electron chi connectivity index (χ3n) is 2.41. The van der Waals surface area contributed by atoms with Crippen LogP contribution in [0.15, 0.2) is 24.5 Å². The lowest BCUT2D eigenvalue weighted by Crippen LogP contribution is -2.25. The Bertz CT molecular complexity index is 582. The van der Waals surface area contributed by atoms with Crippen molar-refractivity contribution in [2.45, 2.75) is 6.54 Å². The van der Waals surface area contributed by atoms with E-state index in [9.17, 15) is 9.18 Å².